The average Bonchev–Trinajstić information content (AvgIpc) is 3.21. The highest BCUT2D eigenvalue weighted by Crippen LogP contribution is 2.49. The van der Waals surface area contributed by atoms with Crippen LogP contribution in [0.3, 0.4) is 0 Å². The highest BCUT2D eigenvalue weighted by atomic mass is 32.2. The highest BCUT2D eigenvalue weighted by molar-refractivity contribution is 7.93. The SMILES string of the molecule is Cc1ccc(C2CC2C(=O)NS(=O)(=O)/C=C/c2ccccc2)s1. The van der Waals surface area contributed by atoms with Crippen LogP contribution in [0.5, 0.6) is 0 Å². The molecule has 0 spiro atoms. The molecule has 2 aromatic rings. The van der Waals surface area contributed by atoms with Crippen LogP contribution in [0.4, 0.5) is 0 Å². The van der Waals surface area contributed by atoms with Gasteiger partial charge in [-0.15, -0.1) is 11.3 Å². The van der Waals surface area contributed by atoms with Crippen molar-refractivity contribution in [3.05, 3.63) is 63.2 Å². The van der Waals surface area contributed by atoms with Crippen LogP contribution >= 0.6 is 11.3 Å². The monoisotopic (exact) mass is 347 g/mol. The highest BCUT2D eigenvalue weighted by Gasteiger charge is 2.45. The molecule has 0 aliphatic heterocycles. The Morgan fingerprint density at radius 3 is 2.61 bits per heavy atom. The third-order valence-corrected chi connectivity index (χ3v) is 5.85. The van der Waals surface area contributed by atoms with E-state index in [1.165, 1.54) is 11.0 Å². The van der Waals surface area contributed by atoms with E-state index in [2.05, 4.69) is 4.72 Å². The first kappa shape index (κ1) is 16.0. The Hall–Kier alpha value is -1.92. The van der Waals surface area contributed by atoms with Gasteiger partial charge in [-0.3, -0.25) is 4.79 Å². The minimum absolute atomic E-state index is 0.155. The van der Waals surface area contributed by atoms with Crippen molar-refractivity contribution in [3.63, 3.8) is 0 Å². The van der Waals surface area contributed by atoms with E-state index < -0.39 is 15.9 Å². The number of amides is 1. The summed E-state index contributed by atoms with van der Waals surface area (Å²) in [7, 11) is -3.76. The zero-order chi connectivity index (χ0) is 16.4. The molecule has 2 unspecified atom stereocenters. The third kappa shape index (κ3) is 4.09. The lowest BCUT2D eigenvalue weighted by atomic mass is 10.2. The van der Waals surface area contributed by atoms with Gasteiger partial charge in [-0.1, -0.05) is 30.3 Å². The lowest BCUT2D eigenvalue weighted by Crippen LogP contribution is -2.30. The van der Waals surface area contributed by atoms with E-state index in [9.17, 15) is 13.2 Å². The molecule has 0 saturated heterocycles. The topological polar surface area (TPSA) is 63.2 Å². The fourth-order valence-electron chi connectivity index (χ4n) is 2.43. The van der Waals surface area contributed by atoms with Gasteiger partial charge in [-0.2, -0.15) is 0 Å². The van der Waals surface area contributed by atoms with Crippen molar-refractivity contribution in [1.82, 2.24) is 4.72 Å². The zero-order valence-corrected chi connectivity index (χ0v) is 14.2. The molecule has 6 heteroatoms. The minimum Gasteiger partial charge on any atom is -0.274 e. The van der Waals surface area contributed by atoms with E-state index in [0.717, 1.165) is 15.8 Å². The molecule has 2 atom stereocenters. The first-order valence-corrected chi connectivity index (χ1v) is 9.67. The smallest absolute Gasteiger partial charge is 0.257 e. The lowest BCUT2D eigenvalue weighted by Gasteiger charge is -2.02. The van der Waals surface area contributed by atoms with Crippen molar-refractivity contribution < 1.29 is 13.2 Å². The van der Waals surface area contributed by atoms with Gasteiger partial charge in [0.05, 0.1) is 5.41 Å². The molecule has 4 nitrogen and oxygen atoms in total. The summed E-state index contributed by atoms with van der Waals surface area (Å²) < 4.78 is 26.1. The molecule has 1 aromatic heterocycles. The molecule has 3 rings (SSSR count). The molecule has 1 fully saturated rings. The quantitative estimate of drug-likeness (QED) is 0.903. The van der Waals surface area contributed by atoms with Crippen LogP contribution in [0.2, 0.25) is 0 Å². The molecule has 1 saturated carbocycles. The lowest BCUT2D eigenvalue weighted by molar-refractivity contribution is -0.120. The van der Waals surface area contributed by atoms with Crippen LogP contribution in [0.1, 0.15) is 27.7 Å². The number of sulfonamides is 1. The summed E-state index contributed by atoms with van der Waals surface area (Å²) in [5.41, 5.74) is 0.767. The zero-order valence-electron chi connectivity index (χ0n) is 12.6. The van der Waals surface area contributed by atoms with Crippen molar-refractivity contribution in [1.29, 1.82) is 0 Å². The Morgan fingerprint density at radius 2 is 1.96 bits per heavy atom. The molecule has 23 heavy (non-hydrogen) atoms. The Morgan fingerprint density at radius 1 is 1.22 bits per heavy atom. The van der Waals surface area contributed by atoms with E-state index >= 15 is 0 Å². The Kier molecular flexibility index (Phi) is 4.37. The summed E-state index contributed by atoms with van der Waals surface area (Å²) in [6.45, 7) is 2.02. The van der Waals surface area contributed by atoms with Crippen molar-refractivity contribution in [2.45, 2.75) is 19.3 Å². The van der Waals surface area contributed by atoms with E-state index in [-0.39, 0.29) is 11.8 Å². The molecular formula is C17H17NO3S2. The molecule has 1 N–H and O–H groups in total. The summed E-state index contributed by atoms with van der Waals surface area (Å²) in [5, 5.41) is 1.03. The molecule has 120 valence electrons. The number of hydrogen-bond donors (Lipinski definition) is 1. The van der Waals surface area contributed by atoms with Gasteiger partial charge in [-0.05, 0) is 37.1 Å². The maximum absolute atomic E-state index is 12.1. The first-order valence-electron chi connectivity index (χ1n) is 7.31. The van der Waals surface area contributed by atoms with Crippen molar-refractivity contribution in [2.24, 2.45) is 5.92 Å². The number of benzene rings is 1. The van der Waals surface area contributed by atoms with E-state index in [1.54, 1.807) is 23.5 Å². The van der Waals surface area contributed by atoms with Gasteiger partial charge in [0.15, 0.2) is 0 Å². The predicted molar refractivity (Wildman–Crippen MR) is 92.4 cm³/mol. The summed E-state index contributed by atoms with van der Waals surface area (Å²) in [5.74, 6) is -0.506. The number of hydrogen-bond acceptors (Lipinski definition) is 4. The molecule has 1 heterocycles. The first-order chi connectivity index (χ1) is 10.9. The Bertz CT molecular complexity index is 838. The van der Waals surface area contributed by atoms with E-state index in [4.69, 9.17) is 0 Å². The van der Waals surface area contributed by atoms with Gasteiger partial charge in [0, 0.05) is 21.6 Å². The minimum atomic E-state index is -3.76. The fraction of sp³-hybridized carbons (Fsp3) is 0.235. The molecular weight excluding hydrogens is 330 g/mol. The number of carbonyl (C=O) groups is 1. The largest absolute Gasteiger partial charge is 0.274 e. The molecule has 0 bridgehead atoms. The van der Waals surface area contributed by atoms with Gasteiger partial charge < -0.3 is 0 Å². The van der Waals surface area contributed by atoms with Crippen LogP contribution in [0.25, 0.3) is 6.08 Å². The van der Waals surface area contributed by atoms with Crippen LogP contribution in [0, 0.1) is 12.8 Å². The third-order valence-electron chi connectivity index (χ3n) is 3.74. The summed E-state index contributed by atoms with van der Waals surface area (Å²) in [6.07, 6.45) is 2.19. The Balaban J connectivity index is 1.60. The number of nitrogens with one attached hydrogen (secondary N) is 1. The van der Waals surface area contributed by atoms with E-state index in [0.29, 0.717) is 6.42 Å². The summed E-state index contributed by atoms with van der Waals surface area (Å²) in [4.78, 5) is 14.5. The fourth-order valence-corrected chi connectivity index (χ4v) is 4.33. The second-order valence-electron chi connectivity index (χ2n) is 5.62. The standard InChI is InChI=1S/C17H17NO3S2/c1-12-7-8-16(22-12)14-11-15(14)17(19)18-23(20,21)10-9-13-5-3-2-4-6-13/h2-10,14-15H,11H2,1H3,(H,18,19)/b10-9+. The van der Waals surface area contributed by atoms with Gasteiger partial charge in [-0.25, -0.2) is 13.1 Å². The van der Waals surface area contributed by atoms with Crippen molar-refractivity contribution >= 4 is 33.3 Å². The summed E-state index contributed by atoms with van der Waals surface area (Å²) >= 11 is 1.66. The van der Waals surface area contributed by atoms with Crippen LogP contribution in [-0.2, 0) is 14.8 Å². The van der Waals surface area contributed by atoms with E-state index in [1.807, 2.05) is 37.3 Å². The average molecular weight is 347 g/mol. The molecule has 1 amide bonds. The number of rotatable bonds is 5. The second-order valence-corrected chi connectivity index (χ2v) is 8.51. The van der Waals surface area contributed by atoms with Gasteiger partial charge in [0.1, 0.15) is 0 Å². The van der Waals surface area contributed by atoms with Crippen LogP contribution in [0.15, 0.2) is 47.9 Å². The number of thiophene rings is 1. The van der Waals surface area contributed by atoms with Gasteiger partial charge in [0.25, 0.3) is 10.0 Å². The maximum atomic E-state index is 12.1. The normalized spacial score (nSPS) is 20.6. The van der Waals surface area contributed by atoms with Crippen molar-refractivity contribution in [2.75, 3.05) is 0 Å². The van der Waals surface area contributed by atoms with Gasteiger partial charge >= 0.3 is 0 Å². The Labute approximate surface area is 139 Å². The molecule has 0 radical (unpaired) electrons. The van der Waals surface area contributed by atoms with Crippen LogP contribution < -0.4 is 4.72 Å². The second kappa shape index (κ2) is 6.29. The van der Waals surface area contributed by atoms with Crippen molar-refractivity contribution in [3.8, 4) is 0 Å². The maximum Gasteiger partial charge on any atom is 0.257 e. The molecule has 1 aliphatic carbocycles. The van der Waals surface area contributed by atoms with Crippen LogP contribution in [-0.4, -0.2) is 14.3 Å². The molecule has 1 aromatic carbocycles. The molecule has 1 aliphatic rings. The predicted octanol–water partition coefficient (Wildman–Crippen LogP) is 3.28. The number of aryl methyl sites for hydroxylation is 1. The number of carbonyl (C=O) groups excluding carboxylic acids is 1. The summed E-state index contributed by atoms with van der Waals surface area (Å²) in [6, 6.07) is 13.1. The van der Waals surface area contributed by atoms with Gasteiger partial charge in [0.2, 0.25) is 5.91 Å².